The largest absolute Gasteiger partial charge is 0.348 e. The molecule has 1 aromatic carbocycles. The summed E-state index contributed by atoms with van der Waals surface area (Å²) in [6, 6.07) is 8.97. The molecule has 0 amide bonds. The number of imidazole rings is 1. The molecule has 3 N–H and O–H groups in total. The van der Waals surface area contributed by atoms with Gasteiger partial charge in [-0.2, -0.15) is 0 Å². The van der Waals surface area contributed by atoms with Crippen molar-refractivity contribution in [2.75, 3.05) is 13.1 Å². The van der Waals surface area contributed by atoms with Crippen LogP contribution in [0.25, 0.3) is 0 Å². The number of piperidine rings is 1. The zero-order chi connectivity index (χ0) is 16.4. The van der Waals surface area contributed by atoms with Crippen molar-refractivity contribution >= 4 is 11.6 Å². The number of H-pyrrole nitrogens is 1. The topological polar surface area (TPSA) is 56.0 Å². The molecule has 5 nitrogen and oxygen atoms in total. The Kier molecular flexibility index (Phi) is 4.85. The van der Waals surface area contributed by atoms with E-state index < -0.39 is 0 Å². The van der Waals surface area contributed by atoms with Crippen LogP contribution >= 0.6 is 11.6 Å². The molecule has 2 aliphatic heterocycles. The third-order valence-electron chi connectivity index (χ3n) is 5.34. The molecule has 24 heavy (non-hydrogen) atoms. The summed E-state index contributed by atoms with van der Waals surface area (Å²) in [4.78, 5) is 10.0. The van der Waals surface area contributed by atoms with Crippen LogP contribution in [0.3, 0.4) is 0 Å². The lowest BCUT2D eigenvalue weighted by atomic mass is 9.86. The molecule has 2 aromatic rings. The van der Waals surface area contributed by atoms with Gasteiger partial charge in [0.2, 0.25) is 0 Å². The van der Waals surface area contributed by atoms with E-state index in [9.17, 15) is 0 Å². The third kappa shape index (κ3) is 3.49. The van der Waals surface area contributed by atoms with Crippen molar-refractivity contribution in [3.8, 4) is 0 Å². The maximum absolute atomic E-state index is 6.34. The van der Waals surface area contributed by atoms with Gasteiger partial charge < -0.3 is 4.98 Å². The number of hydrogen-bond acceptors (Lipinski definition) is 4. The van der Waals surface area contributed by atoms with Crippen LogP contribution in [0.1, 0.15) is 36.7 Å². The molecule has 128 valence electrons. The lowest BCUT2D eigenvalue weighted by molar-refractivity contribution is 0.153. The normalized spacial score (nSPS) is 26.0. The number of hydrazine groups is 1. The summed E-state index contributed by atoms with van der Waals surface area (Å²) in [7, 11) is 0. The van der Waals surface area contributed by atoms with Crippen LogP contribution in [0.4, 0.5) is 0 Å². The van der Waals surface area contributed by atoms with Crippen molar-refractivity contribution in [3.05, 3.63) is 53.1 Å². The smallest absolute Gasteiger partial charge is 0.120 e. The van der Waals surface area contributed by atoms with Gasteiger partial charge in [-0.25, -0.2) is 10.4 Å². The van der Waals surface area contributed by atoms with Crippen LogP contribution in [0.15, 0.2) is 36.7 Å². The molecule has 2 aliphatic rings. The first-order valence-corrected chi connectivity index (χ1v) is 9.13. The van der Waals surface area contributed by atoms with E-state index in [-0.39, 0.29) is 0 Å². The molecular weight excluding hydrogens is 322 g/mol. The Balaban J connectivity index is 1.30. The second kappa shape index (κ2) is 7.23. The summed E-state index contributed by atoms with van der Waals surface area (Å²) >= 11 is 6.34. The minimum Gasteiger partial charge on any atom is -0.348 e. The highest BCUT2D eigenvalue weighted by atomic mass is 35.5. The summed E-state index contributed by atoms with van der Waals surface area (Å²) in [6.45, 7) is 3.21. The number of halogens is 1. The fourth-order valence-electron chi connectivity index (χ4n) is 3.96. The molecule has 6 heteroatoms. The van der Waals surface area contributed by atoms with Crippen LogP contribution in [0.5, 0.6) is 0 Å². The Morgan fingerprint density at radius 2 is 2.00 bits per heavy atom. The van der Waals surface area contributed by atoms with Crippen LogP contribution in [-0.4, -0.2) is 34.0 Å². The molecule has 2 saturated heterocycles. The van der Waals surface area contributed by atoms with Crippen molar-refractivity contribution < 1.29 is 0 Å². The van der Waals surface area contributed by atoms with E-state index in [0.29, 0.717) is 12.1 Å². The second-order valence-electron chi connectivity index (χ2n) is 6.85. The number of nitrogens with one attached hydrogen (secondary N) is 3. The number of hydrogen-bond donors (Lipinski definition) is 3. The molecule has 0 saturated carbocycles. The number of likely N-dealkylation sites (tertiary alicyclic amines) is 1. The van der Waals surface area contributed by atoms with Gasteiger partial charge in [0.15, 0.2) is 0 Å². The highest BCUT2D eigenvalue weighted by Crippen LogP contribution is 2.33. The maximum Gasteiger partial charge on any atom is 0.120 e. The van der Waals surface area contributed by atoms with Gasteiger partial charge in [-0.3, -0.25) is 10.3 Å². The molecule has 1 aromatic heterocycles. The first kappa shape index (κ1) is 16.1. The van der Waals surface area contributed by atoms with E-state index in [0.717, 1.165) is 42.8 Å². The van der Waals surface area contributed by atoms with Crippen molar-refractivity contribution in [2.24, 2.45) is 5.92 Å². The first-order valence-electron chi connectivity index (χ1n) is 8.75. The predicted molar refractivity (Wildman–Crippen MR) is 95.5 cm³/mol. The molecule has 0 radical (unpaired) electrons. The Bertz CT molecular complexity index is 651. The van der Waals surface area contributed by atoms with Crippen molar-refractivity contribution in [2.45, 2.75) is 37.9 Å². The van der Waals surface area contributed by atoms with Gasteiger partial charge in [0, 0.05) is 29.5 Å². The molecule has 0 aliphatic carbocycles. The van der Waals surface area contributed by atoms with Gasteiger partial charge in [-0.15, -0.1) is 0 Å². The van der Waals surface area contributed by atoms with Crippen LogP contribution in [-0.2, 0) is 6.54 Å². The Morgan fingerprint density at radius 3 is 2.75 bits per heavy atom. The van der Waals surface area contributed by atoms with Crippen LogP contribution in [0.2, 0.25) is 5.02 Å². The average molecular weight is 346 g/mol. The fourth-order valence-corrected chi connectivity index (χ4v) is 4.23. The van der Waals surface area contributed by atoms with Gasteiger partial charge in [0.05, 0.1) is 6.54 Å². The lowest BCUT2D eigenvalue weighted by Gasteiger charge is -2.34. The monoisotopic (exact) mass is 345 g/mol. The Morgan fingerprint density at radius 1 is 1.17 bits per heavy atom. The van der Waals surface area contributed by atoms with Crippen molar-refractivity contribution in [1.29, 1.82) is 0 Å². The molecule has 0 bridgehead atoms. The Hall–Kier alpha value is -1.40. The highest BCUT2D eigenvalue weighted by molar-refractivity contribution is 6.31. The van der Waals surface area contributed by atoms with E-state index >= 15 is 0 Å². The fraction of sp³-hybridized carbons (Fsp3) is 0.500. The van der Waals surface area contributed by atoms with Gasteiger partial charge in [-0.1, -0.05) is 29.8 Å². The first-order chi connectivity index (χ1) is 11.8. The van der Waals surface area contributed by atoms with E-state index in [1.165, 1.54) is 18.4 Å². The summed E-state index contributed by atoms with van der Waals surface area (Å²) in [5.41, 5.74) is 8.16. The zero-order valence-corrected chi connectivity index (χ0v) is 14.5. The van der Waals surface area contributed by atoms with Gasteiger partial charge in [0.25, 0.3) is 0 Å². The number of rotatable bonds is 4. The maximum atomic E-state index is 6.34. The zero-order valence-electron chi connectivity index (χ0n) is 13.7. The molecule has 3 heterocycles. The molecule has 4 rings (SSSR count). The molecule has 2 unspecified atom stereocenters. The van der Waals surface area contributed by atoms with Crippen molar-refractivity contribution in [1.82, 2.24) is 25.7 Å². The van der Waals surface area contributed by atoms with Crippen LogP contribution < -0.4 is 10.9 Å². The SMILES string of the molecule is Clc1ccccc1C1CC(C2CCN(Cc3ncc[nH]3)CC2)NN1. The number of benzene rings is 1. The summed E-state index contributed by atoms with van der Waals surface area (Å²) in [5.74, 6) is 1.78. The summed E-state index contributed by atoms with van der Waals surface area (Å²) < 4.78 is 0. The van der Waals surface area contributed by atoms with Gasteiger partial charge >= 0.3 is 0 Å². The number of aromatic amines is 1. The van der Waals surface area contributed by atoms with Gasteiger partial charge in [0.1, 0.15) is 5.82 Å². The van der Waals surface area contributed by atoms with E-state index in [1.807, 2.05) is 24.5 Å². The quantitative estimate of drug-likeness (QED) is 0.797. The summed E-state index contributed by atoms with van der Waals surface area (Å²) in [5, 5.41) is 0.853. The molecule has 2 fully saturated rings. The van der Waals surface area contributed by atoms with Gasteiger partial charge in [-0.05, 0) is 49.9 Å². The Labute approximate surface area is 147 Å². The second-order valence-corrected chi connectivity index (χ2v) is 7.26. The molecule has 0 spiro atoms. The molecular formula is C18H24ClN5. The standard InChI is InChI=1S/C18H24ClN5/c19-15-4-2-1-3-14(15)17-11-16(22-23-17)13-5-9-24(10-6-13)12-18-20-7-8-21-18/h1-4,7-8,13,16-17,22-23H,5-6,9-12H2,(H,20,21). The summed E-state index contributed by atoms with van der Waals surface area (Å²) in [6.07, 6.45) is 7.29. The molecule has 2 atom stereocenters. The third-order valence-corrected chi connectivity index (χ3v) is 5.69. The average Bonchev–Trinajstić information content (AvgIpc) is 3.28. The van der Waals surface area contributed by atoms with Crippen molar-refractivity contribution in [3.63, 3.8) is 0 Å². The van der Waals surface area contributed by atoms with E-state index in [2.05, 4.69) is 37.9 Å². The minimum atomic E-state index is 0.310. The minimum absolute atomic E-state index is 0.310. The number of aromatic nitrogens is 2. The predicted octanol–water partition coefficient (Wildman–Crippen LogP) is 2.88. The van der Waals surface area contributed by atoms with E-state index in [1.54, 1.807) is 0 Å². The van der Waals surface area contributed by atoms with E-state index in [4.69, 9.17) is 11.6 Å². The number of nitrogens with zero attached hydrogens (tertiary/aromatic N) is 2. The lowest BCUT2D eigenvalue weighted by Crippen LogP contribution is -2.42. The highest BCUT2D eigenvalue weighted by Gasteiger charge is 2.33. The van der Waals surface area contributed by atoms with Crippen LogP contribution in [0, 0.1) is 5.92 Å².